The summed E-state index contributed by atoms with van der Waals surface area (Å²) in [6.07, 6.45) is 2.35. The van der Waals surface area contributed by atoms with Crippen LogP contribution in [0.15, 0.2) is 42.6 Å². The van der Waals surface area contributed by atoms with Crippen LogP contribution in [0.25, 0.3) is 10.8 Å². The van der Waals surface area contributed by atoms with Gasteiger partial charge >= 0.3 is 0 Å². The van der Waals surface area contributed by atoms with Crippen LogP contribution in [-0.4, -0.2) is 51.8 Å². The maximum Gasteiger partial charge on any atom is 0.240 e. The van der Waals surface area contributed by atoms with Crippen molar-refractivity contribution in [2.45, 2.75) is 71.6 Å². The maximum atomic E-state index is 13.5. The predicted octanol–water partition coefficient (Wildman–Crippen LogP) is 3.13. The van der Waals surface area contributed by atoms with Crippen molar-refractivity contribution in [1.82, 2.24) is 15.2 Å². The Hall–Kier alpha value is -3.42. The number of ether oxygens (including phenoxy) is 1. The standard InChI is InChI=1S/C27H36N4O4/c1-7-17-8-9-20-18(12-17)10-11-29-25(20)35-19-13-22(24(28)33)31(15-19)26(34)21(16(2)3)14-23(32)30-27(4,5)6/h8-12,19,21-22H,2,7,13-15H2,1,3-6H3,(H2,28,33)(H,30,32)/t19-,21+,22?/m1/s1. The first kappa shape index (κ1) is 26.2. The van der Waals surface area contributed by atoms with E-state index in [0.717, 1.165) is 17.2 Å². The predicted molar refractivity (Wildman–Crippen MR) is 136 cm³/mol. The van der Waals surface area contributed by atoms with Gasteiger partial charge in [-0.25, -0.2) is 4.98 Å². The van der Waals surface area contributed by atoms with E-state index < -0.39 is 29.5 Å². The molecule has 3 rings (SSSR count). The summed E-state index contributed by atoms with van der Waals surface area (Å²) in [5.74, 6) is -1.53. The van der Waals surface area contributed by atoms with Gasteiger partial charge in [0.25, 0.3) is 0 Å². The van der Waals surface area contributed by atoms with E-state index in [1.807, 2.05) is 39.0 Å². The number of rotatable bonds is 8. The second kappa shape index (κ2) is 10.5. The Morgan fingerprint density at radius 1 is 1.29 bits per heavy atom. The topological polar surface area (TPSA) is 115 Å². The van der Waals surface area contributed by atoms with E-state index in [0.29, 0.717) is 11.5 Å². The van der Waals surface area contributed by atoms with Crippen molar-refractivity contribution >= 4 is 28.5 Å². The van der Waals surface area contributed by atoms with Crippen molar-refractivity contribution in [3.63, 3.8) is 0 Å². The van der Waals surface area contributed by atoms with Crippen LogP contribution in [0.2, 0.25) is 0 Å². The van der Waals surface area contributed by atoms with Gasteiger partial charge in [-0.2, -0.15) is 0 Å². The monoisotopic (exact) mass is 480 g/mol. The second-order valence-corrected chi connectivity index (χ2v) is 10.3. The summed E-state index contributed by atoms with van der Waals surface area (Å²) in [7, 11) is 0. The number of carbonyl (C=O) groups is 3. The van der Waals surface area contributed by atoms with Crippen LogP contribution < -0.4 is 15.8 Å². The van der Waals surface area contributed by atoms with Crippen molar-refractivity contribution in [3.05, 3.63) is 48.2 Å². The largest absolute Gasteiger partial charge is 0.472 e. The highest BCUT2D eigenvalue weighted by molar-refractivity contribution is 5.92. The summed E-state index contributed by atoms with van der Waals surface area (Å²) in [5, 5.41) is 4.75. The molecule has 0 aliphatic carbocycles. The number of benzene rings is 1. The van der Waals surface area contributed by atoms with Crippen molar-refractivity contribution in [2.75, 3.05) is 6.54 Å². The number of nitrogens with one attached hydrogen (secondary N) is 1. The van der Waals surface area contributed by atoms with E-state index in [1.54, 1.807) is 13.1 Å². The van der Waals surface area contributed by atoms with Gasteiger partial charge in [0.15, 0.2) is 0 Å². The van der Waals surface area contributed by atoms with Crippen LogP contribution in [0.1, 0.15) is 53.0 Å². The molecule has 8 heteroatoms. The number of nitrogens with two attached hydrogens (primary N) is 1. The molecule has 3 atom stereocenters. The van der Waals surface area contributed by atoms with Crippen LogP contribution in [-0.2, 0) is 20.8 Å². The molecule has 1 aliphatic rings. The lowest BCUT2D eigenvalue weighted by Gasteiger charge is -2.28. The van der Waals surface area contributed by atoms with Crippen LogP contribution in [0.3, 0.4) is 0 Å². The van der Waals surface area contributed by atoms with E-state index >= 15 is 0 Å². The molecule has 0 radical (unpaired) electrons. The van der Waals surface area contributed by atoms with Gasteiger partial charge in [-0.3, -0.25) is 14.4 Å². The SMILES string of the molecule is C=C(C)[C@H](CC(=O)NC(C)(C)C)C(=O)N1C[C@H](Oc2nccc3cc(CC)ccc23)CC1C(N)=O. The molecule has 1 saturated heterocycles. The number of amides is 3. The highest BCUT2D eigenvalue weighted by Gasteiger charge is 2.42. The molecule has 1 unspecified atom stereocenters. The number of aryl methyl sites for hydroxylation is 1. The van der Waals surface area contributed by atoms with Crippen molar-refractivity contribution < 1.29 is 19.1 Å². The zero-order chi connectivity index (χ0) is 25.9. The zero-order valence-corrected chi connectivity index (χ0v) is 21.3. The van der Waals surface area contributed by atoms with Crippen molar-refractivity contribution in [1.29, 1.82) is 0 Å². The molecule has 3 N–H and O–H groups in total. The Labute approximate surface area is 206 Å². The Kier molecular flexibility index (Phi) is 7.83. The highest BCUT2D eigenvalue weighted by Crippen LogP contribution is 2.30. The molecule has 1 fully saturated rings. The maximum absolute atomic E-state index is 13.5. The molecule has 0 saturated carbocycles. The van der Waals surface area contributed by atoms with Crippen molar-refractivity contribution in [3.8, 4) is 5.88 Å². The summed E-state index contributed by atoms with van der Waals surface area (Å²) in [6.45, 7) is 13.5. The Morgan fingerprint density at radius 2 is 2.00 bits per heavy atom. The molecular formula is C27H36N4O4. The minimum atomic E-state index is -0.832. The van der Waals surface area contributed by atoms with Gasteiger partial charge in [0.05, 0.1) is 12.5 Å². The van der Waals surface area contributed by atoms with Gasteiger partial charge < -0.3 is 20.7 Å². The summed E-state index contributed by atoms with van der Waals surface area (Å²) in [6, 6.07) is 7.21. The first-order chi connectivity index (χ1) is 16.4. The normalized spacial score (nSPS) is 18.8. The average molecular weight is 481 g/mol. The second-order valence-electron chi connectivity index (χ2n) is 10.3. The summed E-state index contributed by atoms with van der Waals surface area (Å²) in [5.41, 5.74) is 6.99. The van der Waals surface area contributed by atoms with E-state index in [4.69, 9.17) is 10.5 Å². The van der Waals surface area contributed by atoms with Crippen LogP contribution >= 0.6 is 0 Å². The van der Waals surface area contributed by atoms with Gasteiger partial charge in [-0.15, -0.1) is 0 Å². The highest BCUT2D eigenvalue weighted by atomic mass is 16.5. The van der Waals surface area contributed by atoms with Crippen LogP contribution in [0.4, 0.5) is 0 Å². The molecule has 0 spiro atoms. The molecule has 3 amide bonds. The van der Waals surface area contributed by atoms with Gasteiger partial charge in [-0.1, -0.05) is 31.2 Å². The fourth-order valence-corrected chi connectivity index (χ4v) is 4.39. The third-order valence-electron chi connectivity index (χ3n) is 6.15. The number of nitrogens with zero attached hydrogens (tertiary/aromatic N) is 2. The molecule has 188 valence electrons. The third-order valence-corrected chi connectivity index (χ3v) is 6.15. The molecule has 2 heterocycles. The van der Waals surface area contributed by atoms with Gasteiger partial charge in [0.1, 0.15) is 12.1 Å². The molecule has 8 nitrogen and oxygen atoms in total. The summed E-state index contributed by atoms with van der Waals surface area (Å²) in [4.78, 5) is 44.1. The number of hydrogen-bond acceptors (Lipinski definition) is 5. The molecule has 0 bridgehead atoms. The summed E-state index contributed by atoms with van der Waals surface area (Å²) < 4.78 is 6.20. The first-order valence-corrected chi connectivity index (χ1v) is 12.0. The van der Waals surface area contributed by atoms with Gasteiger partial charge in [-0.05, 0) is 57.2 Å². The number of pyridine rings is 1. The van der Waals surface area contributed by atoms with Crippen LogP contribution in [0.5, 0.6) is 5.88 Å². The average Bonchev–Trinajstić information content (AvgIpc) is 3.19. The van der Waals surface area contributed by atoms with Crippen molar-refractivity contribution in [2.24, 2.45) is 11.7 Å². The first-order valence-electron chi connectivity index (χ1n) is 12.0. The fourth-order valence-electron chi connectivity index (χ4n) is 4.39. The number of carbonyl (C=O) groups excluding carboxylic acids is 3. The lowest BCUT2D eigenvalue weighted by molar-refractivity contribution is -0.141. The molecule has 1 aromatic carbocycles. The minimum absolute atomic E-state index is 0.0520. The number of primary amides is 1. The van der Waals surface area contributed by atoms with E-state index in [2.05, 4.69) is 29.9 Å². The van der Waals surface area contributed by atoms with E-state index in [1.165, 1.54) is 10.5 Å². The number of aromatic nitrogens is 1. The summed E-state index contributed by atoms with van der Waals surface area (Å²) >= 11 is 0. The van der Waals surface area contributed by atoms with E-state index in [-0.39, 0.29) is 31.2 Å². The minimum Gasteiger partial charge on any atom is -0.472 e. The zero-order valence-electron chi connectivity index (χ0n) is 21.3. The number of hydrogen-bond donors (Lipinski definition) is 2. The lowest BCUT2D eigenvalue weighted by Crippen LogP contribution is -2.48. The smallest absolute Gasteiger partial charge is 0.240 e. The Bertz CT molecular complexity index is 1140. The lowest BCUT2D eigenvalue weighted by atomic mass is 9.94. The third kappa shape index (κ3) is 6.38. The Morgan fingerprint density at radius 3 is 2.60 bits per heavy atom. The fraction of sp³-hybridized carbons (Fsp3) is 0.481. The molecule has 1 aromatic heterocycles. The van der Waals surface area contributed by atoms with E-state index in [9.17, 15) is 14.4 Å². The molecule has 1 aliphatic heterocycles. The number of likely N-dealkylation sites (tertiary alicyclic amines) is 1. The van der Waals surface area contributed by atoms with Gasteiger partial charge in [0.2, 0.25) is 23.6 Å². The molecule has 2 aromatic rings. The van der Waals surface area contributed by atoms with Gasteiger partial charge in [0, 0.05) is 30.0 Å². The quantitative estimate of drug-likeness (QED) is 0.564. The molecule has 35 heavy (non-hydrogen) atoms. The van der Waals surface area contributed by atoms with Crippen LogP contribution in [0, 0.1) is 5.92 Å². The number of fused-ring (bicyclic) bond motifs is 1. The molecular weight excluding hydrogens is 444 g/mol. The Balaban J connectivity index is 1.80.